The quantitative estimate of drug-likeness (QED) is 0.939. The second kappa shape index (κ2) is 6.28. The van der Waals surface area contributed by atoms with Crippen molar-refractivity contribution in [2.45, 2.75) is 38.5 Å². The first-order valence-corrected chi connectivity index (χ1v) is 8.57. The van der Waals surface area contributed by atoms with E-state index in [1.54, 1.807) is 0 Å². The Labute approximate surface area is 136 Å². The van der Waals surface area contributed by atoms with Gasteiger partial charge in [0.2, 0.25) is 5.95 Å². The van der Waals surface area contributed by atoms with Gasteiger partial charge >= 0.3 is 0 Å². The number of aryl methyl sites for hydroxylation is 1. The predicted octanol–water partition coefficient (Wildman–Crippen LogP) is 2.51. The lowest BCUT2D eigenvalue weighted by atomic mass is 9.91. The molecule has 2 aromatic heterocycles. The van der Waals surface area contributed by atoms with Gasteiger partial charge in [-0.15, -0.1) is 0 Å². The summed E-state index contributed by atoms with van der Waals surface area (Å²) in [6.07, 6.45) is 6.61. The third-order valence-corrected chi connectivity index (χ3v) is 4.81. The van der Waals surface area contributed by atoms with Gasteiger partial charge in [0.15, 0.2) is 5.76 Å². The molecular weight excluding hydrogens is 290 g/mol. The molecule has 0 amide bonds. The Kier molecular flexibility index (Phi) is 3.99. The van der Waals surface area contributed by atoms with Gasteiger partial charge in [0.05, 0.1) is 17.0 Å². The topological polar surface area (TPSA) is 67.1 Å². The summed E-state index contributed by atoms with van der Waals surface area (Å²) in [4.78, 5) is 11.9. The summed E-state index contributed by atoms with van der Waals surface area (Å²) in [5, 5.41) is 7.45. The molecule has 0 saturated carbocycles. The van der Waals surface area contributed by atoms with Gasteiger partial charge in [-0.05, 0) is 45.7 Å². The lowest BCUT2D eigenvalue weighted by molar-refractivity contribution is 0.422. The fourth-order valence-electron chi connectivity index (χ4n) is 3.54. The maximum atomic E-state index is 5.49. The molecule has 2 aromatic rings. The maximum absolute atomic E-state index is 5.49. The molecule has 4 rings (SSSR count). The second-order valence-corrected chi connectivity index (χ2v) is 6.52. The standard InChI is InChI=1S/C17H23N5O/c1-12-10-15(23-21-12)14-11-19-17(22-8-2-3-9-22)20-16(14)13-4-6-18-7-5-13/h10-11,13,18H,2-9H2,1H3. The van der Waals surface area contributed by atoms with E-state index in [-0.39, 0.29) is 0 Å². The minimum atomic E-state index is 0.459. The van der Waals surface area contributed by atoms with Crippen LogP contribution in [-0.2, 0) is 0 Å². The smallest absolute Gasteiger partial charge is 0.225 e. The summed E-state index contributed by atoms with van der Waals surface area (Å²) >= 11 is 0. The largest absolute Gasteiger partial charge is 0.356 e. The lowest BCUT2D eigenvalue weighted by Gasteiger charge is -2.25. The van der Waals surface area contributed by atoms with Crippen LogP contribution < -0.4 is 10.2 Å². The van der Waals surface area contributed by atoms with Crippen LogP contribution in [0.15, 0.2) is 16.8 Å². The van der Waals surface area contributed by atoms with Gasteiger partial charge in [0.25, 0.3) is 0 Å². The molecule has 0 spiro atoms. The van der Waals surface area contributed by atoms with Crippen LogP contribution >= 0.6 is 0 Å². The van der Waals surface area contributed by atoms with Gasteiger partial charge in [-0.25, -0.2) is 9.97 Å². The summed E-state index contributed by atoms with van der Waals surface area (Å²) in [5.41, 5.74) is 3.01. The van der Waals surface area contributed by atoms with Gasteiger partial charge < -0.3 is 14.7 Å². The maximum Gasteiger partial charge on any atom is 0.225 e. The Hall–Kier alpha value is -1.95. The highest BCUT2D eigenvalue weighted by atomic mass is 16.5. The fourth-order valence-corrected chi connectivity index (χ4v) is 3.54. The van der Waals surface area contributed by atoms with E-state index >= 15 is 0 Å². The van der Waals surface area contributed by atoms with Crippen molar-refractivity contribution in [1.29, 1.82) is 0 Å². The van der Waals surface area contributed by atoms with E-state index in [1.165, 1.54) is 12.8 Å². The molecule has 2 fully saturated rings. The van der Waals surface area contributed by atoms with Crippen LogP contribution in [0.1, 0.15) is 43.0 Å². The number of hydrogen-bond donors (Lipinski definition) is 1. The first-order chi connectivity index (χ1) is 11.3. The summed E-state index contributed by atoms with van der Waals surface area (Å²) in [6.45, 7) is 6.15. The van der Waals surface area contributed by atoms with Gasteiger partial charge in [0.1, 0.15) is 0 Å². The molecular formula is C17H23N5O. The number of rotatable bonds is 3. The summed E-state index contributed by atoms with van der Waals surface area (Å²) in [5.74, 6) is 2.11. The summed E-state index contributed by atoms with van der Waals surface area (Å²) in [7, 11) is 0. The Morgan fingerprint density at radius 2 is 2.00 bits per heavy atom. The third kappa shape index (κ3) is 2.95. The first-order valence-electron chi connectivity index (χ1n) is 8.57. The van der Waals surface area contributed by atoms with E-state index in [1.807, 2.05) is 19.2 Å². The number of aromatic nitrogens is 3. The lowest BCUT2D eigenvalue weighted by Crippen LogP contribution is -2.28. The van der Waals surface area contributed by atoms with E-state index in [9.17, 15) is 0 Å². The zero-order chi connectivity index (χ0) is 15.6. The Morgan fingerprint density at radius 1 is 1.22 bits per heavy atom. The molecule has 2 saturated heterocycles. The molecule has 2 aliphatic rings. The number of anilines is 1. The molecule has 4 heterocycles. The van der Waals surface area contributed by atoms with E-state index in [4.69, 9.17) is 9.51 Å². The molecule has 0 aromatic carbocycles. The SMILES string of the molecule is Cc1cc(-c2cnc(N3CCCC3)nc2C2CCNCC2)on1. The second-order valence-electron chi connectivity index (χ2n) is 6.52. The van der Waals surface area contributed by atoms with Crippen LogP contribution in [0.4, 0.5) is 5.95 Å². The molecule has 0 atom stereocenters. The van der Waals surface area contributed by atoms with Crippen LogP contribution in [-0.4, -0.2) is 41.3 Å². The first kappa shape index (κ1) is 14.6. The van der Waals surface area contributed by atoms with E-state index in [0.29, 0.717) is 5.92 Å². The summed E-state index contributed by atoms with van der Waals surface area (Å²) < 4.78 is 5.49. The minimum Gasteiger partial charge on any atom is -0.356 e. The Balaban J connectivity index is 1.74. The zero-order valence-electron chi connectivity index (χ0n) is 13.6. The van der Waals surface area contributed by atoms with Gasteiger partial charge in [-0.1, -0.05) is 5.16 Å². The van der Waals surface area contributed by atoms with Crippen molar-refractivity contribution in [3.63, 3.8) is 0 Å². The number of nitrogens with zero attached hydrogens (tertiary/aromatic N) is 4. The molecule has 6 nitrogen and oxygen atoms in total. The van der Waals surface area contributed by atoms with Crippen molar-refractivity contribution in [2.75, 3.05) is 31.1 Å². The molecule has 0 unspecified atom stereocenters. The van der Waals surface area contributed by atoms with E-state index in [2.05, 4.69) is 20.4 Å². The molecule has 0 radical (unpaired) electrons. The fraction of sp³-hybridized carbons (Fsp3) is 0.588. The van der Waals surface area contributed by atoms with Crippen molar-refractivity contribution in [3.05, 3.63) is 23.7 Å². The summed E-state index contributed by atoms with van der Waals surface area (Å²) in [6, 6.07) is 1.97. The van der Waals surface area contributed by atoms with Gasteiger partial charge in [-0.3, -0.25) is 0 Å². The van der Waals surface area contributed by atoms with Crippen molar-refractivity contribution in [3.8, 4) is 11.3 Å². The molecule has 6 heteroatoms. The molecule has 2 aliphatic heterocycles. The highest BCUT2D eigenvalue weighted by molar-refractivity contribution is 5.61. The normalized spacial score (nSPS) is 19.4. The van der Waals surface area contributed by atoms with Gasteiger partial charge in [0, 0.05) is 31.3 Å². The highest BCUT2D eigenvalue weighted by Gasteiger charge is 2.25. The molecule has 23 heavy (non-hydrogen) atoms. The van der Waals surface area contributed by atoms with Crippen molar-refractivity contribution in [1.82, 2.24) is 20.4 Å². The number of nitrogens with one attached hydrogen (secondary N) is 1. The monoisotopic (exact) mass is 313 g/mol. The predicted molar refractivity (Wildman–Crippen MR) is 88.6 cm³/mol. The molecule has 0 aliphatic carbocycles. The van der Waals surface area contributed by atoms with Gasteiger partial charge in [-0.2, -0.15) is 0 Å². The average Bonchev–Trinajstić information content (AvgIpc) is 3.27. The van der Waals surface area contributed by atoms with Crippen molar-refractivity contribution in [2.24, 2.45) is 0 Å². The van der Waals surface area contributed by atoms with E-state index in [0.717, 1.165) is 67.7 Å². The third-order valence-electron chi connectivity index (χ3n) is 4.81. The Bertz CT molecular complexity index is 671. The molecule has 0 bridgehead atoms. The van der Waals surface area contributed by atoms with Crippen LogP contribution in [0.2, 0.25) is 0 Å². The minimum absolute atomic E-state index is 0.459. The zero-order valence-corrected chi connectivity index (χ0v) is 13.6. The number of piperidine rings is 1. The number of hydrogen-bond acceptors (Lipinski definition) is 6. The van der Waals surface area contributed by atoms with E-state index < -0.39 is 0 Å². The van der Waals surface area contributed by atoms with Crippen LogP contribution in [0, 0.1) is 6.92 Å². The molecule has 1 N–H and O–H groups in total. The van der Waals surface area contributed by atoms with Crippen molar-refractivity contribution < 1.29 is 4.52 Å². The van der Waals surface area contributed by atoms with Crippen LogP contribution in [0.3, 0.4) is 0 Å². The van der Waals surface area contributed by atoms with Crippen LogP contribution in [0.25, 0.3) is 11.3 Å². The highest BCUT2D eigenvalue weighted by Crippen LogP contribution is 2.34. The van der Waals surface area contributed by atoms with Crippen molar-refractivity contribution >= 4 is 5.95 Å². The molecule has 122 valence electrons. The Morgan fingerprint density at radius 3 is 2.70 bits per heavy atom. The van der Waals surface area contributed by atoms with Crippen LogP contribution in [0.5, 0.6) is 0 Å². The average molecular weight is 313 g/mol.